The Bertz CT molecular complexity index is 1080. The number of esters is 1. The molecular formula is C29H36ClNO5. The van der Waals surface area contributed by atoms with Crippen molar-refractivity contribution in [2.45, 2.75) is 63.8 Å². The number of aliphatic hydroxyl groups excluding tert-OH is 1. The van der Waals surface area contributed by atoms with Gasteiger partial charge in [0, 0.05) is 24.7 Å². The van der Waals surface area contributed by atoms with Crippen LogP contribution in [0.25, 0.3) is 0 Å². The van der Waals surface area contributed by atoms with Crippen LogP contribution in [-0.4, -0.2) is 50.1 Å². The third kappa shape index (κ3) is 5.66. The van der Waals surface area contributed by atoms with Crippen LogP contribution in [-0.2, 0) is 22.5 Å². The molecule has 0 bridgehead atoms. The number of aliphatic hydroxyl groups is 1. The third-order valence-corrected chi connectivity index (χ3v) is 8.33. The third-order valence-electron chi connectivity index (χ3n) is 8.09. The fourth-order valence-electron chi connectivity index (χ4n) is 5.89. The second-order valence-corrected chi connectivity index (χ2v) is 10.8. The van der Waals surface area contributed by atoms with Gasteiger partial charge in [0.1, 0.15) is 12.4 Å². The molecule has 4 atom stereocenters. The van der Waals surface area contributed by atoms with Gasteiger partial charge < -0.3 is 24.2 Å². The molecule has 36 heavy (non-hydrogen) atoms. The molecule has 1 saturated carbocycles. The predicted octanol–water partition coefficient (Wildman–Crippen LogP) is 5.41. The molecule has 0 aromatic heterocycles. The topological polar surface area (TPSA) is 68.2 Å². The zero-order valence-electron chi connectivity index (χ0n) is 21.0. The number of carbonyl (C=O) groups excluding carboxylic acids is 1. The molecule has 5 rings (SSSR count). The van der Waals surface area contributed by atoms with Gasteiger partial charge >= 0.3 is 5.97 Å². The zero-order valence-corrected chi connectivity index (χ0v) is 21.7. The van der Waals surface area contributed by atoms with Crippen molar-refractivity contribution in [3.8, 4) is 5.75 Å². The number of fused-ring (bicyclic) bond motifs is 2. The normalized spacial score (nSPS) is 26.5. The number of carbonyl (C=O) groups is 1. The summed E-state index contributed by atoms with van der Waals surface area (Å²) in [5, 5.41) is 10.9. The van der Waals surface area contributed by atoms with Gasteiger partial charge in [-0.15, -0.1) is 0 Å². The minimum absolute atomic E-state index is 0.132. The Kier molecular flexibility index (Phi) is 8.04. The number of aryl methyl sites for hydroxylation is 1. The molecule has 2 heterocycles. The van der Waals surface area contributed by atoms with Crippen molar-refractivity contribution in [3.63, 3.8) is 0 Å². The van der Waals surface area contributed by atoms with E-state index in [4.69, 9.17) is 25.8 Å². The van der Waals surface area contributed by atoms with Crippen LogP contribution < -0.4 is 9.64 Å². The highest BCUT2D eigenvalue weighted by Crippen LogP contribution is 2.43. The van der Waals surface area contributed by atoms with Gasteiger partial charge in [-0.05, 0) is 98.2 Å². The fourth-order valence-corrected chi connectivity index (χ4v) is 6.08. The van der Waals surface area contributed by atoms with E-state index >= 15 is 0 Å². The Labute approximate surface area is 218 Å². The number of halogens is 1. The molecule has 1 N–H and O–H groups in total. The van der Waals surface area contributed by atoms with Gasteiger partial charge in [0.2, 0.25) is 0 Å². The van der Waals surface area contributed by atoms with Crippen molar-refractivity contribution in [1.82, 2.24) is 0 Å². The smallest absolute Gasteiger partial charge is 0.337 e. The predicted molar refractivity (Wildman–Crippen MR) is 140 cm³/mol. The number of hydrogen-bond donors (Lipinski definition) is 1. The van der Waals surface area contributed by atoms with Gasteiger partial charge in [0.25, 0.3) is 0 Å². The van der Waals surface area contributed by atoms with Crippen molar-refractivity contribution in [1.29, 1.82) is 0 Å². The monoisotopic (exact) mass is 513 g/mol. The van der Waals surface area contributed by atoms with Crippen LogP contribution in [0.1, 0.15) is 60.0 Å². The Balaban J connectivity index is 1.41. The van der Waals surface area contributed by atoms with Crippen LogP contribution in [0.4, 0.5) is 5.69 Å². The molecular weight excluding hydrogens is 478 g/mol. The Morgan fingerprint density at radius 2 is 2.03 bits per heavy atom. The van der Waals surface area contributed by atoms with E-state index in [9.17, 15) is 9.90 Å². The largest absolute Gasteiger partial charge is 0.487 e. The maximum absolute atomic E-state index is 12.4. The first kappa shape index (κ1) is 25.4. The number of anilines is 1. The Morgan fingerprint density at radius 1 is 1.14 bits per heavy atom. The van der Waals surface area contributed by atoms with Crippen LogP contribution in [0.2, 0.25) is 5.02 Å². The summed E-state index contributed by atoms with van der Waals surface area (Å²) >= 11 is 6.29. The van der Waals surface area contributed by atoms with Crippen LogP contribution >= 0.6 is 11.6 Å². The Morgan fingerprint density at radius 3 is 2.81 bits per heavy atom. The van der Waals surface area contributed by atoms with Crippen molar-refractivity contribution in [3.05, 3.63) is 58.1 Å². The lowest BCUT2D eigenvalue weighted by molar-refractivity contribution is -0.101. The van der Waals surface area contributed by atoms with Gasteiger partial charge in [-0.3, -0.25) is 0 Å². The summed E-state index contributed by atoms with van der Waals surface area (Å²) in [4.78, 5) is 14.8. The van der Waals surface area contributed by atoms with E-state index in [2.05, 4.69) is 11.0 Å². The SMILES string of the molecule is COC(=O)c1ccc2c(c1)N(C[C@@H]1CC[C@H]1[C@@H]1C[C@@H](O)CCO1)CCCCc1cc(Cl)ccc1CO2. The molecule has 1 saturated heterocycles. The standard InChI is InChI=1S/C29H36ClNO5/c1-34-29(33)20-7-10-27-26(15-20)31(17-21-6-9-25(21)28-16-24(32)11-13-35-28)12-3-2-4-19-14-23(30)8-5-22(19)18-36-27/h5,7-8,10,14-15,21,24-25,28,32H,2-4,6,9,11-13,16-18H2,1H3/t21-,24-,25+,28-/m0/s1. The van der Waals surface area contributed by atoms with Gasteiger partial charge in [0.15, 0.2) is 0 Å². The summed E-state index contributed by atoms with van der Waals surface area (Å²) in [6, 6.07) is 11.6. The van der Waals surface area contributed by atoms with E-state index in [-0.39, 0.29) is 18.2 Å². The average molecular weight is 514 g/mol. The molecule has 2 aliphatic heterocycles. The van der Waals surface area contributed by atoms with Crippen molar-refractivity contribution in [2.75, 3.05) is 31.7 Å². The van der Waals surface area contributed by atoms with Crippen molar-refractivity contribution >= 4 is 23.3 Å². The highest BCUT2D eigenvalue weighted by Gasteiger charge is 2.40. The lowest BCUT2D eigenvalue weighted by Gasteiger charge is -2.46. The Hall–Kier alpha value is -2.28. The van der Waals surface area contributed by atoms with E-state index in [1.807, 2.05) is 24.3 Å². The van der Waals surface area contributed by atoms with Crippen molar-refractivity contribution < 1.29 is 24.1 Å². The number of ether oxygens (including phenoxy) is 3. The summed E-state index contributed by atoms with van der Waals surface area (Å²) in [5.74, 6) is 1.36. The van der Waals surface area contributed by atoms with Crippen LogP contribution in [0, 0.1) is 11.8 Å². The maximum atomic E-state index is 12.4. The molecule has 1 aliphatic carbocycles. The van der Waals surface area contributed by atoms with Crippen molar-refractivity contribution in [2.24, 2.45) is 11.8 Å². The highest BCUT2D eigenvalue weighted by molar-refractivity contribution is 6.30. The van der Waals surface area contributed by atoms with Crippen LogP contribution in [0.5, 0.6) is 5.75 Å². The molecule has 3 aliphatic rings. The highest BCUT2D eigenvalue weighted by atomic mass is 35.5. The fraction of sp³-hybridized carbons (Fsp3) is 0.552. The zero-order chi connectivity index (χ0) is 25.1. The summed E-state index contributed by atoms with van der Waals surface area (Å²) in [6.07, 6.45) is 6.64. The van der Waals surface area contributed by atoms with E-state index in [0.717, 1.165) is 80.1 Å². The van der Waals surface area contributed by atoms with Gasteiger partial charge in [-0.1, -0.05) is 17.7 Å². The molecule has 0 unspecified atom stereocenters. The van der Waals surface area contributed by atoms with Gasteiger partial charge in [0.05, 0.1) is 30.6 Å². The quantitative estimate of drug-likeness (QED) is 0.551. The molecule has 7 heteroatoms. The second kappa shape index (κ2) is 11.4. The molecule has 6 nitrogen and oxygen atoms in total. The molecule has 2 aromatic rings. The first-order valence-electron chi connectivity index (χ1n) is 13.2. The lowest BCUT2D eigenvalue weighted by atomic mass is 9.68. The summed E-state index contributed by atoms with van der Waals surface area (Å²) in [7, 11) is 1.41. The number of methoxy groups -OCH3 is 1. The van der Waals surface area contributed by atoms with Gasteiger partial charge in [-0.25, -0.2) is 4.79 Å². The number of nitrogens with zero attached hydrogens (tertiary/aromatic N) is 1. The van der Waals surface area contributed by atoms with E-state index in [1.54, 1.807) is 6.07 Å². The number of benzene rings is 2. The maximum Gasteiger partial charge on any atom is 0.337 e. The molecule has 2 aromatic carbocycles. The van der Waals surface area contributed by atoms with E-state index < -0.39 is 0 Å². The molecule has 0 spiro atoms. The number of hydrogen-bond acceptors (Lipinski definition) is 6. The summed E-state index contributed by atoms with van der Waals surface area (Å²) < 4.78 is 17.5. The summed E-state index contributed by atoms with van der Waals surface area (Å²) in [5.41, 5.74) is 3.83. The summed E-state index contributed by atoms with van der Waals surface area (Å²) in [6.45, 7) is 2.84. The second-order valence-electron chi connectivity index (χ2n) is 10.4. The minimum Gasteiger partial charge on any atom is -0.487 e. The first-order valence-corrected chi connectivity index (χ1v) is 13.6. The van der Waals surface area contributed by atoms with E-state index in [0.29, 0.717) is 30.6 Å². The van der Waals surface area contributed by atoms with Gasteiger partial charge in [-0.2, -0.15) is 0 Å². The first-order chi connectivity index (χ1) is 17.5. The minimum atomic E-state index is -0.349. The molecule has 0 amide bonds. The molecule has 0 radical (unpaired) electrons. The molecule has 2 fully saturated rings. The van der Waals surface area contributed by atoms with E-state index in [1.165, 1.54) is 12.7 Å². The average Bonchev–Trinajstić information content (AvgIpc) is 2.89. The van der Waals surface area contributed by atoms with Crippen LogP contribution in [0.3, 0.4) is 0 Å². The lowest BCUT2D eigenvalue weighted by Crippen LogP contribution is -2.47. The van der Waals surface area contributed by atoms with Crippen LogP contribution in [0.15, 0.2) is 36.4 Å². The number of rotatable bonds is 4. The molecule has 194 valence electrons.